The van der Waals surface area contributed by atoms with Crippen LogP contribution in [0, 0.1) is 0 Å². The molecule has 1 amide bonds. The summed E-state index contributed by atoms with van der Waals surface area (Å²) in [6, 6.07) is 14.3. The molecule has 0 spiro atoms. The fourth-order valence-electron chi connectivity index (χ4n) is 1.70. The van der Waals surface area contributed by atoms with Crippen molar-refractivity contribution in [3.63, 3.8) is 0 Å². The number of hydrogen-bond donors (Lipinski definition) is 1. The number of benzene rings is 2. The Balaban J connectivity index is 2.14. The Labute approximate surface area is 122 Å². The van der Waals surface area contributed by atoms with Crippen LogP contribution in [0.1, 0.15) is 15.9 Å². The Kier molecular flexibility index (Phi) is 4.98. The van der Waals surface area contributed by atoms with E-state index in [0.29, 0.717) is 16.3 Å². The molecule has 2 rings (SSSR count). The molecule has 0 aliphatic rings. The maximum atomic E-state index is 11.8. The molecule has 0 heterocycles. The first kappa shape index (κ1) is 14.4. The van der Waals surface area contributed by atoms with E-state index in [1.165, 1.54) is 7.11 Å². The lowest BCUT2D eigenvalue weighted by molar-refractivity contribution is 0.0533. The summed E-state index contributed by atoms with van der Waals surface area (Å²) in [5, 5.41) is 0.631. The Morgan fingerprint density at radius 2 is 1.85 bits per heavy atom. The van der Waals surface area contributed by atoms with Crippen LogP contribution in [0.3, 0.4) is 0 Å². The summed E-state index contributed by atoms with van der Waals surface area (Å²) in [7, 11) is 1.38. The monoisotopic (exact) mass is 291 g/mol. The highest BCUT2D eigenvalue weighted by Crippen LogP contribution is 2.21. The molecule has 0 unspecified atom stereocenters. The van der Waals surface area contributed by atoms with Gasteiger partial charge in [0.25, 0.3) is 5.91 Å². The van der Waals surface area contributed by atoms with Gasteiger partial charge in [-0.25, -0.2) is 5.48 Å². The third-order valence-electron chi connectivity index (χ3n) is 2.67. The standard InChI is InChI=1S/C15H14ClNO3/c1-19-17-15(18)12-7-3-5-9-14(12)20-10-11-6-2-4-8-13(11)16/h2-9H,10H2,1H3,(H,17,18). The number of nitrogens with one attached hydrogen (secondary N) is 1. The number of hydrogen-bond acceptors (Lipinski definition) is 3. The molecule has 0 fully saturated rings. The number of rotatable bonds is 5. The lowest BCUT2D eigenvalue weighted by Gasteiger charge is -2.11. The Hall–Kier alpha value is -2.04. The first-order chi connectivity index (χ1) is 9.72. The molecule has 20 heavy (non-hydrogen) atoms. The Morgan fingerprint density at radius 3 is 2.60 bits per heavy atom. The highest BCUT2D eigenvalue weighted by atomic mass is 35.5. The molecule has 5 heteroatoms. The highest BCUT2D eigenvalue weighted by molar-refractivity contribution is 6.31. The quantitative estimate of drug-likeness (QED) is 0.861. The summed E-state index contributed by atoms with van der Waals surface area (Å²) in [6.07, 6.45) is 0. The van der Waals surface area contributed by atoms with Gasteiger partial charge in [0.15, 0.2) is 0 Å². The van der Waals surface area contributed by atoms with Crippen molar-refractivity contribution in [3.8, 4) is 5.75 Å². The molecule has 0 radical (unpaired) electrons. The average molecular weight is 292 g/mol. The predicted octanol–water partition coefficient (Wildman–Crippen LogP) is 3.21. The van der Waals surface area contributed by atoms with Crippen LogP contribution in [-0.4, -0.2) is 13.0 Å². The van der Waals surface area contributed by atoms with Gasteiger partial charge in [-0.3, -0.25) is 9.63 Å². The van der Waals surface area contributed by atoms with E-state index in [-0.39, 0.29) is 12.5 Å². The third kappa shape index (κ3) is 3.50. The molecule has 0 saturated carbocycles. The van der Waals surface area contributed by atoms with Gasteiger partial charge in [0, 0.05) is 10.6 Å². The number of hydroxylamine groups is 1. The molecular weight excluding hydrogens is 278 g/mol. The number of amides is 1. The van der Waals surface area contributed by atoms with Crippen molar-refractivity contribution in [1.29, 1.82) is 0 Å². The normalized spacial score (nSPS) is 10.1. The molecular formula is C15H14ClNO3. The van der Waals surface area contributed by atoms with Gasteiger partial charge in [-0.05, 0) is 18.2 Å². The molecule has 0 aliphatic heterocycles. The minimum Gasteiger partial charge on any atom is -0.488 e. The van der Waals surface area contributed by atoms with Gasteiger partial charge in [0.2, 0.25) is 0 Å². The van der Waals surface area contributed by atoms with Crippen LogP contribution in [0.25, 0.3) is 0 Å². The van der Waals surface area contributed by atoms with Gasteiger partial charge < -0.3 is 4.74 Å². The largest absolute Gasteiger partial charge is 0.488 e. The lowest BCUT2D eigenvalue weighted by Crippen LogP contribution is -2.22. The number of para-hydroxylation sites is 1. The van der Waals surface area contributed by atoms with Crippen LogP contribution in [0.15, 0.2) is 48.5 Å². The van der Waals surface area contributed by atoms with E-state index in [1.807, 2.05) is 18.2 Å². The van der Waals surface area contributed by atoms with Crippen molar-refractivity contribution in [1.82, 2.24) is 5.48 Å². The molecule has 2 aromatic carbocycles. The van der Waals surface area contributed by atoms with E-state index < -0.39 is 0 Å². The fraction of sp³-hybridized carbons (Fsp3) is 0.133. The smallest absolute Gasteiger partial charge is 0.278 e. The van der Waals surface area contributed by atoms with Crippen LogP contribution < -0.4 is 10.2 Å². The molecule has 4 nitrogen and oxygen atoms in total. The molecule has 104 valence electrons. The van der Waals surface area contributed by atoms with Crippen molar-refractivity contribution < 1.29 is 14.4 Å². The first-order valence-corrected chi connectivity index (χ1v) is 6.38. The van der Waals surface area contributed by atoms with E-state index in [4.69, 9.17) is 16.3 Å². The molecule has 0 atom stereocenters. The van der Waals surface area contributed by atoms with Crippen LogP contribution >= 0.6 is 11.6 Å². The van der Waals surface area contributed by atoms with Gasteiger partial charge in [-0.15, -0.1) is 0 Å². The third-order valence-corrected chi connectivity index (χ3v) is 3.04. The maximum Gasteiger partial charge on any atom is 0.278 e. The SMILES string of the molecule is CONC(=O)c1ccccc1OCc1ccccc1Cl. The van der Waals surface area contributed by atoms with Crippen molar-refractivity contribution in [2.24, 2.45) is 0 Å². The Bertz CT molecular complexity index is 601. The topological polar surface area (TPSA) is 47.6 Å². The summed E-state index contributed by atoms with van der Waals surface area (Å²) in [6.45, 7) is 0.289. The number of carbonyl (C=O) groups excluding carboxylic acids is 1. The highest BCUT2D eigenvalue weighted by Gasteiger charge is 2.12. The van der Waals surface area contributed by atoms with E-state index in [9.17, 15) is 4.79 Å². The average Bonchev–Trinajstić information content (AvgIpc) is 2.47. The molecule has 0 saturated heterocycles. The van der Waals surface area contributed by atoms with Crippen molar-refractivity contribution in [2.75, 3.05) is 7.11 Å². The second-order valence-corrected chi connectivity index (χ2v) is 4.42. The van der Waals surface area contributed by atoms with Crippen molar-refractivity contribution in [2.45, 2.75) is 6.61 Å². The molecule has 0 aromatic heterocycles. The van der Waals surface area contributed by atoms with E-state index in [2.05, 4.69) is 10.3 Å². The van der Waals surface area contributed by atoms with Gasteiger partial charge in [-0.1, -0.05) is 41.9 Å². The van der Waals surface area contributed by atoms with Gasteiger partial charge in [0.05, 0.1) is 12.7 Å². The fourth-order valence-corrected chi connectivity index (χ4v) is 1.89. The molecule has 0 aliphatic carbocycles. The predicted molar refractivity (Wildman–Crippen MR) is 76.7 cm³/mol. The number of halogens is 1. The van der Waals surface area contributed by atoms with E-state index in [1.54, 1.807) is 30.3 Å². The second kappa shape index (κ2) is 6.93. The van der Waals surface area contributed by atoms with Crippen LogP contribution in [0.4, 0.5) is 0 Å². The summed E-state index contributed by atoms with van der Waals surface area (Å²) >= 11 is 6.06. The zero-order valence-corrected chi connectivity index (χ0v) is 11.7. The second-order valence-electron chi connectivity index (χ2n) is 4.01. The van der Waals surface area contributed by atoms with Gasteiger partial charge in [-0.2, -0.15) is 0 Å². The van der Waals surface area contributed by atoms with Crippen molar-refractivity contribution >= 4 is 17.5 Å². The molecule has 1 N–H and O–H groups in total. The van der Waals surface area contributed by atoms with E-state index >= 15 is 0 Å². The number of carbonyl (C=O) groups is 1. The maximum absolute atomic E-state index is 11.8. The summed E-state index contributed by atoms with van der Waals surface area (Å²) in [4.78, 5) is 16.4. The van der Waals surface area contributed by atoms with Gasteiger partial charge in [0.1, 0.15) is 12.4 Å². The molecule has 2 aromatic rings. The number of ether oxygens (including phenoxy) is 1. The summed E-state index contributed by atoms with van der Waals surface area (Å²) < 4.78 is 5.67. The van der Waals surface area contributed by atoms with E-state index in [0.717, 1.165) is 5.56 Å². The minimum atomic E-state index is -0.359. The molecule has 0 bridgehead atoms. The minimum absolute atomic E-state index is 0.289. The summed E-state index contributed by atoms with van der Waals surface area (Å²) in [5.41, 5.74) is 3.53. The van der Waals surface area contributed by atoms with Crippen molar-refractivity contribution in [3.05, 3.63) is 64.7 Å². The van der Waals surface area contributed by atoms with Crippen LogP contribution in [-0.2, 0) is 11.4 Å². The summed E-state index contributed by atoms with van der Waals surface area (Å²) in [5.74, 6) is 0.115. The van der Waals surface area contributed by atoms with Crippen LogP contribution in [0.5, 0.6) is 5.75 Å². The first-order valence-electron chi connectivity index (χ1n) is 6.01. The zero-order valence-electron chi connectivity index (χ0n) is 10.9. The lowest BCUT2D eigenvalue weighted by atomic mass is 10.2. The zero-order chi connectivity index (χ0) is 14.4. The van der Waals surface area contributed by atoms with Gasteiger partial charge >= 0.3 is 0 Å². The van der Waals surface area contributed by atoms with Crippen LogP contribution in [0.2, 0.25) is 5.02 Å². The Morgan fingerprint density at radius 1 is 1.15 bits per heavy atom.